The van der Waals surface area contributed by atoms with E-state index in [2.05, 4.69) is 27.5 Å². The Labute approximate surface area is 231 Å². The molecule has 3 aliphatic rings. The number of fused-ring (bicyclic) bond motifs is 2. The monoisotopic (exact) mass is 543 g/mol. The largest absolute Gasteiger partial charge is 0.354 e. The first-order chi connectivity index (χ1) is 19.4. The van der Waals surface area contributed by atoms with Crippen molar-refractivity contribution in [1.82, 2.24) is 9.80 Å². The molecule has 0 unspecified atom stereocenters. The predicted molar refractivity (Wildman–Crippen MR) is 151 cm³/mol. The van der Waals surface area contributed by atoms with E-state index in [9.17, 15) is 14.0 Å². The molecule has 3 aromatic carbocycles. The average Bonchev–Trinajstić information content (AvgIpc) is 3.55. The first kappa shape index (κ1) is 26.0. The van der Waals surface area contributed by atoms with Gasteiger partial charge in [-0.3, -0.25) is 14.5 Å². The highest BCUT2D eigenvalue weighted by atomic mass is 19.1. The number of hydrogen-bond acceptors (Lipinski definition) is 7. The average molecular weight is 544 g/mol. The lowest BCUT2D eigenvalue weighted by Crippen LogP contribution is -2.48. The standard InChI is InChI=1S/C30H30FN5O4/c1-34-11-13-36(14-12-34)17-27(37)35(2)23-8-6-22(7-9-23)32-29(19-3-4-20-18-39-40-26(20)15-19)28-24-10-5-21(31)16-25(24)33-30(28)38/h3-10,15-16,32H,11-14,17-18H2,1-2H3,(H,33,38)/b29-28-. The van der Waals surface area contributed by atoms with Crippen LogP contribution in [0.1, 0.15) is 16.7 Å². The van der Waals surface area contributed by atoms with Crippen molar-refractivity contribution in [2.45, 2.75) is 6.61 Å². The number of nitrogens with zero attached hydrogens (tertiary/aromatic N) is 3. The van der Waals surface area contributed by atoms with Gasteiger partial charge < -0.3 is 25.3 Å². The third-order valence-corrected chi connectivity index (χ3v) is 7.55. The van der Waals surface area contributed by atoms with Crippen molar-refractivity contribution in [3.05, 3.63) is 83.2 Å². The van der Waals surface area contributed by atoms with E-state index in [0.717, 1.165) is 37.4 Å². The first-order valence-electron chi connectivity index (χ1n) is 13.2. The molecule has 9 nitrogen and oxygen atoms in total. The lowest BCUT2D eigenvalue weighted by atomic mass is 9.99. The van der Waals surface area contributed by atoms with Crippen molar-refractivity contribution in [3.63, 3.8) is 0 Å². The van der Waals surface area contributed by atoms with Crippen LogP contribution in [0.4, 0.5) is 21.5 Å². The van der Waals surface area contributed by atoms with Gasteiger partial charge in [0.15, 0.2) is 5.75 Å². The van der Waals surface area contributed by atoms with Crippen LogP contribution in [0.5, 0.6) is 5.75 Å². The van der Waals surface area contributed by atoms with Gasteiger partial charge in [0.2, 0.25) is 5.91 Å². The fourth-order valence-electron chi connectivity index (χ4n) is 5.10. The van der Waals surface area contributed by atoms with Crippen molar-refractivity contribution in [2.75, 3.05) is 62.4 Å². The maximum absolute atomic E-state index is 13.9. The van der Waals surface area contributed by atoms with E-state index < -0.39 is 5.82 Å². The molecule has 6 rings (SSSR count). The zero-order chi connectivity index (χ0) is 27.8. The molecular formula is C30H30FN5O4. The molecular weight excluding hydrogens is 513 g/mol. The molecule has 0 aromatic heterocycles. The van der Waals surface area contributed by atoms with Crippen LogP contribution >= 0.6 is 0 Å². The minimum atomic E-state index is -0.431. The number of carbonyl (C=O) groups excluding carboxylic acids is 2. The summed E-state index contributed by atoms with van der Waals surface area (Å²) in [5.41, 5.74) is 5.02. The van der Waals surface area contributed by atoms with Crippen molar-refractivity contribution >= 4 is 40.1 Å². The second kappa shape index (κ2) is 10.7. The van der Waals surface area contributed by atoms with E-state index in [1.54, 1.807) is 18.0 Å². The summed E-state index contributed by atoms with van der Waals surface area (Å²) in [5.74, 6) is -0.169. The minimum absolute atomic E-state index is 0.0277. The van der Waals surface area contributed by atoms with Crippen LogP contribution in [0.15, 0.2) is 60.7 Å². The van der Waals surface area contributed by atoms with Crippen molar-refractivity contribution in [2.24, 2.45) is 0 Å². The molecule has 3 aliphatic heterocycles. The van der Waals surface area contributed by atoms with Crippen LogP contribution < -0.4 is 20.4 Å². The van der Waals surface area contributed by atoms with Crippen LogP contribution in [-0.2, 0) is 21.1 Å². The molecule has 3 heterocycles. The lowest BCUT2D eigenvalue weighted by Gasteiger charge is -2.32. The molecule has 0 aliphatic carbocycles. The Bertz CT molecular complexity index is 1500. The molecule has 1 fully saturated rings. The summed E-state index contributed by atoms with van der Waals surface area (Å²) in [5, 5.41) is 6.16. The molecule has 3 aromatic rings. The normalized spacial score (nSPS) is 18.0. The number of likely N-dealkylation sites (N-methyl/N-ethyl adjacent to an activating group) is 2. The second-order valence-electron chi connectivity index (χ2n) is 10.3. The molecule has 40 heavy (non-hydrogen) atoms. The minimum Gasteiger partial charge on any atom is -0.354 e. The predicted octanol–water partition coefficient (Wildman–Crippen LogP) is 3.79. The van der Waals surface area contributed by atoms with Crippen molar-refractivity contribution < 1.29 is 23.8 Å². The van der Waals surface area contributed by atoms with Crippen molar-refractivity contribution in [3.8, 4) is 5.75 Å². The van der Waals surface area contributed by atoms with Crippen LogP contribution in [0.25, 0.3) is 11.3 Å². The highest BCUT2D eigenvalue weighted by Gasteiger charge is 2.30. The Balaban J connectivity index is 1.28. The van der Waals surface area contributed by atoms with Gasteiger partial charge in [-0.2, -0.15) is 4.89 Å². The first-order valence-corrected chi connectivity index (χ1v) is 13.2. The highest BCUT2D eigenvalue weighted by molar-refractivity contribution is 6.37. The second-order valence-corrected chi connectivity index (χ2v) is 10.3. The van der Waals surface area contributed by atoms with Gasteiger partial charge in [-0.05, 0) is 55.6 Å². The van der Waals surface area contributed by atoms with Crippen molar-refractivity contribution in [1.29, 1.82) is 0 Å². The van der Waals surface area contributed by atoms with Crippen LogP contribution in [0, 0.1) is 5.82 Å². The van der Waals surface area contributed by atoms with Crippen LogP contribution in [0.2, 0.25) is 0 Å². The molecule has 0 radical (unpaired) electrons. The Morgan fingerprint density at radius 2 is 1.82 bits per heavy atom. The van der Waals surface area contributed by atoms with E-state index >= 15 is 0 Å². The molecule has 2 amide bonds. The summed E-state index contributed by atoms with van der Waals surface area (Å²) < 4.78 is 13.9. The van der Waals surface area contributed by atoms with Gasteiger partial charge in [-0.15, -0.1) is 0 Å². The van der Waals surface area contributed by atoms with Crippen LogP contribution in [0.3, 0.4) is 0 Å². The van der Waals surface area contributed by atoms with Gasteiger partial charge in [-0.25, -0.2) is 4.39 Å². The van der Waals surface area contributed by atoms with Crippen LogP contribution in [-0.4, -0.2) is 68.4 Å². The number of anilines is 3. The number of hydrogen-bond donors (Lipinski definition) is 2. The van der Waals surface area contributed by atoms with Gasteiger partial charge in [0.1, 0.15) is 12.4 Å². The van der Waals surface area contributed by atoms with Gasteiger partial charge >= 0.3 is 0 Å². The molecule has 2 N–H and O–H groups in total. The molecule has 0 atom stereocenters. The number of piperazine rings is 1. The smallest absolute Gasteiger partial charge is 0.258 e. The summed E-state index contributed by atoms with van der Waals surface area (Å²) in [6.45, 7) is 4.38. The fourth-order valence-corrected chi connectivity index (χ4v) is 5.10. The number of nitrogens with one attached hydrogen (secondary N) is 2. The Morgan fingerprint density at radius 1 is 1.05 bits per heavy atom. The quantitative estimate of drug-likeness (QED) is 0.362. The lowest BCUT2D eigenvalue weighted by molar-refractivity contribution is -0.194. The highest BCUT2D eigenvalue weighted by Crippen LogP contribution is 2.39. The molecule has 0 spiro atoms. The zero-order valence-corrected chi connectivity index (χ0v) is 22.4. The molecule has 0 saturated carbocycles. The summed E-state index contributed by atoms with van der Waals surface area (Å²) >= 11 is 0. The summed E-state index contributed by atoms with van der Waals surface area (Å²) in [4.78, 5) is 42.6. The number of halogens is 1. The Morgan fingerprint density at radius 3 is 2.60 bits per heavy atom. The van der Waals surface area contributed by atoms with E-state index in [-0.39, 0.29) is 11.8 Å². The third kappa shape index (κ3) is 5.16. The van der Waals surface area contributed by atoms with Gasteiger partial charge in [0.05, 0.1) is 23.5 Å². The van der Waals surface area contributed by atoms with E-state index in [0.29, 0.717) is 52.7 Å². The van der Waals surface area contributed by atoms with E-state index in [4.69, 9.17) is 9.78 Å². The van der Waals surface area contributed by atoms with E-state index in [1.165, 1.54) is 12.1 Å². The number of carbonyl (C=O) groups is 2. The fraction of sp³-hybridized carbons (Fsp3) is 0.267. The summed E-state index contributed by atoms with van der Waals surface area (Å²) in [6, 6.07) is 17.3. The Hall–Kier alpha value is -4.25. The van der Waals surface area contributed by atoms with Gasteiger partial charge in [0.25, 0.3) is 5.91 Å². The maximum Gasteiger partial charge on any atom is 0.258 e. The number of benzene rings is 3. The Kier molecular flexibility index (Phi) is 6.97. The van der Waals surface area contributed by atoms with Gasteiger partial charge in [0, 0.05) is 61.3 Å². The van der Waals surface area contributed by atoms with Gasteiger partial charge in [-0.1, -0.05) is 12.1 Å². The SMILES string of the molecule is CN1CCN(CC(=O)N(C)c2ccc(N/C(=C3\C(=O)Nc4cc(F)ccc43)c3ccc4c(c3)OOC4)cc2)CC1. The summed E-state index contributed by atoms with van der Waals surface area (Å²) in [7, 11) is 3.87. The third-order valence-electron chi connectivity index (χ3n) is 7.55. The molecule has 10 heteroatoms. The number of amides is 2. The molecule has 0 bridgehead atoms. The van der Waals surface area contributed by atoms with E-state index in [1.807, 2.05) is 42.5 Å². The molecule has 1 saturated heterocycles. The number of rotatable bonds is 6. The maximum atomic E-state index is 13.9. The zero-order valence-electron chi connectivity index (χ0n) is 22.4. The summed E-state index contributed by atoms with van der Waals surface area (Å²) in [6.07, 6.45) is 0. The molecule has 206 valence electrons. The topological polar surface area (TPSA) is 86.4 Å².